The van der Waals surface area contributed by atoms with Gasteiger partial charge in [-0.25, -0.2) is 13.8 Å². The van der Waals surface area contributed by atoms with Crippen molar-refractivity contribution in [2.75, 3.05) is 6.26 Å². The highest BCUT2D eigenvalue weighted by molar-refractivity contribution is 7.90. The van der Waals surface area contributed by atoms with Crippen molar-refractivity contribution in [3.8, 4) is 0 Å². The smallest absolute Gasteiger partial charge is 0.271 e. The SMILES string of the molecule is Cn1/c(=N/NC(=O)c2cccc(S(C)(=O)=O)c2)sc2ccccc21. The first-order valence-corrected chi connectivity index (χ1v) is 9.76. The minimum Gasteiger partial charge on any atom is -0.318 e. The first-order valence-electron chi connectivity index (χ1n) is 7.05. The van der Waals surface area contributed by atoms with E-state index in [9.17, 15) is 13.2 Å². The summed E-state index contributed by atoms with van der Waals surface area (Å²) in [6, 6.07) is 13.7. The molecule has 0 unspecified atom stereocenters. The Balaban J connectivity index is 1.91. The van der Waals surface area contributed by atoms with E-state index in [1.54, 1.807) is 6.07 Å². The number of fused-ring (bicyclic) bond motifs is 1. The molecule has 0 aliphatic rings. The van der Waals surface area contributed by atoms with Crippen molar-refractivity contribution < 1.29 is 13.2 Å². The van der Waals surface area contributed by atoms with Crippen LogP contribution in [-0.2, 0) is 16.9 Å². The van der Waals surface area contributed by atoms with Crippen molar-refractivity contribution in [2.45, 2.75) is 4.90 Å². The summed E-state index contributed by atoms with van der Waals surface area (Å²) in [5.74, 6) is -0.460. The highest BCUT2D eigenvalue weighted by atomic mass is 32.2. The van der Waals surface area contributed by atoms with E-state index in [-0.39, 0.29) is 10.5 Å². The monoisotopic (exact) mass is 361 g/mol. The van der Waals surface area contributed by atoms with Gasteiger partial charge in [0.05, 0.1) is 15.1 Å². The standard InChI is InChI=1S/C16H15N3O3S2/c1-19-13-8-3-4-9-14(13)23-16(19)18-17-15(20)11-6-5-7-12(10-11)24(2,21)22/h3-10H,1-2H3,(H,17,20)/b18-16-. The number of nitrogens with zero attached hydrogens (tertiary/aromatic N) is 2. The lowest BCUT2D eigenvalue weighted by atomic mass is 10.2. The van der Waals surface area contributed by atoms with Crippen molar-refractivity contribution in [1.29, 1.82) is 0 Å². The number of aryl methyl sites for hydroxylation is 1. The van der Waals surface area contributed by atoms with Crippen LogP contribution in [0.25, 0.3) is 10.2 Å². The van der Waals surface area contributed by atoms with Crippen molar-refractivity contribution >= 4 is 37.3 Å². The second kappa shape index (κ2) is 6.21. The molecule has 0 spiro atoms. The van der Waals surface area contributed by atoms with Crippen LogP contribution in [0.15, 0.2) is 58.5 Å². The number of hydrogen-bond acceptors (Lipinski definition) is 5. The van der Waals surface area contributed by atoms with Gasteiger partial charge >= 0.3 is 0 Å². The molecule has 1 heterocycles. The summed E-state index contributed by atoms with van der Waals surface area (Å²) in [6.07, 6.45) is 1.10. The van der Waals surface area contributed by atoms with Gasteiger partial charge in [0.15, 0.2) is 9.84 Å². The maximum atomic E-state index is 12.2. The molecule has 3 aromatic rings. The number of carbonyl (C=O) groups is 1. The second-order valence-electron chi connectivity index (χ2n) is 5.26. The fraction of sp³-hybridized carbons (Fsp3) is 0.125. The van der Waals surface area contributed by atoms with E-state index in [0.717, 1.165) is 16.5 Å². The zero-order chi connectivity index (χ0) is 17.3. The predicted molar refractivity (Wildman–Crippen MR) is 93.4 cm³/mol. The average Bonchev–Trinajstić information content (AvgIpc) is 2.88. The van der Waals surface area contributed by atoms with Crippen molar-refractivity contribution in [2.24, 2.45) is 12.1 Å². The molecule has 1 N–H and O–H groups in total. The minimum absolute atomic E-state index is 0.0996. The lowest BCUT2D eigenvalue weighted by molar-refractivity contribution is 0.0952. The first-order chi connectivity index (χ1) is 11.4. The third-order valence-corrected chi connectivity index (χ3v) is 5.72. The van der Waals surface area contributed by atoms with E-state index < -0.39 is 15.7 Å². The molecule has 24 heavy (non-hydrogen) atoms. The van der Waals surface area contributed by atoms with Crippen LogP contribution in [0, 0.1) is 0 Å². The Morgan fingerprint density at radius 2 is 1.92 bits per heavy atom. The number of hydrogen-bond donors (Lipinski definition) is 1. The van der Waals surface area contributed by atoms with Gasteiger partial charge in [-0.1, -0.05) is 29.5 Å². The van der Waals surface area contributed by atoms with Crippen molar-refractivity contribution in [1.82, 2.24) is 9.99 Å². The topological polar surface area (TPSA) is 80.5 Å². The van der Waals surface area contributed by atoms with Gasteiger partial charge in [0.25, 0.3) is 5.91 Å². The number of rotatable bonds is 3. The molecular formula is C16H15N3O3S2. The fourth-order valence-corrected chi connectivity index (χ4v) is 3.87. The van der Waals surface area contributed by atoms with E-state index >= 15 is 0 Å². The maximum absolute atomic E-state index is 12.2. The molecule has 0 radical (unpaired) electrons. The van der Waals surface area contributed by atoms with Crippen LogP contribution in [-0.4, -0.2) is 25.1 Å². The zero-order valence-corrected chi connectivity index (χ0v) is 14.7. The molecule has 0 atom stereocenters. The minimum atomic E-state index is -3.36. The van der Waals surface area contributed by atoms with Crippen molar-refractivity contribution in [3.05, 3.63) is 58.9 Å². The molecule has 0 aliphatic heterocycles. The lowest BCUT2D eigenvalue weighted by Gasteiger charge is -2.02. The molecule has 8 heteroatoms. The third kappa shape index (κ3) is 3.24. The Morgan fingerprint density at radius 1 is 1.17 bits per heavy atom. The van der Waals surface area contributed by atoms with Gasteiger partial charge in [0.2, 0.25) is 4.80 Å². The Hall–Kier alpha value is -2.45. The molecule has 1 amide bonds. The van der Waals surface area contributed by atoms with Crippen LogP contribution in [0.2, 0.25) is 0 Å². The molecular weight excluding hydrogens is 346 g/mol. The Labute approximate surface area is 143 Å². The molecule has 6 nitrogen and oxygen atoms in total. The number of nitrogens with one attached hydrogen (secondary N) is 1. The molecule has 0 bridgehead atoms. The summed E-state index contributed by atoms with van der Waals surface area (Å²) in [6.45, 7) is 0. The van der Waals surface area contributed by atoms with Crippen LogP contribution in [0.5, 0.6) is 0 Å². The average molecular weight is 361 g/mol. The van der Waals surface area contributed by atoms with Gasteiger partial charge in [-0.2, -0.15) is 0 Å². The van der Waals surface area contributed by atoms with Crippen LogP contribution in [0.4, 0.5) is 0 Å². The number of sulfone groups is 1. The lowest BCUT2D eigenvalue weighted by Crippen LogP contribution is -2.23. The summed E-state index contributed by atoms with van der Waals surface area (Å²) in [4.78, 5) is 13.0. The van der Waals surface area contributed by atoms with Gasteiger partial charge in [0.1, 0.15) is 0 Å². The molecule has 2 aromatic carbocycles. The fourth-order valence-electron chi connectivity index (χ4n) is 2.22. The normalized spacial score (nSPS) is 12.5. The number of aromatic nitrogens is 1. The summed E-state index contributed by atoms with van der Waals surface area (Å²) < 4.78 is 26.1. The first kappa shape index (κ1) is 16.4. The van der Waals surface area contributed by atoms with E-state index in [4.69, 9.17) is 0 Å². The van der Waals surface area contributed by atoms with E-state index in [1.807, 2.05) is 35.9 Å². The number of amides is 1. The van der Waals surface area contributed by atoms with E-state index in [0.29, 0.717) is 4.80 Å². The molecule has 0 fully saturated rings. The van der Waals surface area contributed by atoms with Crippen LogP contribution in [0.1, 0.15) is 10.4 Å². The third-order valence-electron chi connectivity index (χ3n) is 3.49. The van der Waals surface area contributed by atoms with Crippen LogP contribution in [0.3, 0.4) is 0 Å². The van der Waals surface area contributed by atoms with Crippen LogP contribution >= 0.6 is 11.3 Å². The number of carbonyl (C=O) groups excluding carboxylic acids is 1. The summed E-state index contributed by atoms with van der Waals surface area (Å²) >= 11 is 1.45. The second-order valence-corrected chi connectivity index (χ2v) is 8.29. The van der Waals surface area contributed by atoms with Gasteiger partial charge < -0.3 is 4.57 Å². The van der Waals surface area contributed by atoms with Gasteiger partial charge in [-0.05, 0) is 30.3 Å². The Bertz CT molecular complexity index is 1090. The Kier molecular flexibility index (Phi) is 4.25. The summed E-state index contributed by atoms with van der Waals surface area (Å²) in [7, 11) is -1.49. The highest BCUT2D eigenvalue weighted by Gasteiger charge is 2.11. The Morgan fingerprint density at radius 3 is 2.62 bits per heavy atom. The largest absolute Gasteiger partial charge is 0.318 e. The maximum Gasteiger partial charge on any atom is 0.271 e. The zero-order valence-electron chi connectivity index (χ0n) is 13.1. The summed E-state index contributed by atoms with van der Waals surface area (Å²) in [5.41, 5.74) is 3.74. The van der Waals surface area contributed by atoms with Gasteiger partial charge in [-0.15, -0.1) is 5.10 Å². The molecule has 3 rings (SSSR count). The predicted octanol–water partition coefficient (Wildman–Crippen LogP) is 1.89. The number of thiazole rings is 1. The van der Waals surface area contributed by atoms with E-state index in [1.165, 1.54) is 29.5 Å². The molecule has 0 saturated carbocycles. The highest BCUT2D eigenvalue weighted by Crippen LogP contribution is 2.15. The molecule has 1 aromatic heterocycles. The number of para-hydroxylation sites is 1. The molecule has 124 valence electrons. The van der Waals surface area contributed by atoms with Gasteiger partial charge in [-0.3, -0.25) is 4.79 Å². The van der Waals surface area contributed by atoms with E-state index in [2.05, 4.69) is 10.5 Å². The van der Waals surface area contributed by atoms with Crippen molar-refractivity contribution in [3.63, 3.8) is 0 Å². The quantitative estimate of drug-likeness (QED) is 0.724. The molecule has 0 aliphatic carbocycles. The molecule has 0 saturated heterocycles. The van der Waals surface area contributed by atoms with Gasteiger partial charge in [0, 0.05) is 18.9 Å². The van der Waals surface area contributed by atoms with Crippen LogP contribution < -0.4 is 10.2 Å². The summed E-state index contributed by atoms with van der Waals surface area (Å²) in [5, 5.41) is 4.14. The number of benzene rings is 2.